The van der Waals surface area contributed by atoms with E-state index < -0.39 is 44.4 Å². The molecule has 1 aliphatic heterocycles. The summed E-state index contributed by atoms with van der Waals surface area (Å²) >= 11 is 0. The second-order valence-corrected chi connectivity index (χ2v) is 11.2. The summed E-state index contributed by atoms with van der Waals surface area (Å²) in [5, 5.41) is 0. The standard InChI is InChI=1S/C23H25F4NO6S/c1-21(2,3)34-20(29)22(10-12-32-13-11-22)35(30,31)17-8-9-18(28-14-17)15-4-6-16(7-5-15)33-23(26,27)19(24)25/h4-9,14,19H,10-13H2,1-3H3. The van der Waals surface area contributed by atoms with Crippen LogP contribution in [0.5, 0.6) is 5.75 Å². The molecule has 0 N–H and O–H groups in total. The van der Waals surface area contributed by atoms with Crippen molar-refractivity contribution in [2.75, 3.05) is 13.2 Å². The van der Waals surface area contributed by atoms with Crippen LogP contribution in [0, 0.1) is 0 Å². The Morgan fingerprint density at radius 2 is 1.66 bits per heavy atom. The highest BCUT2D eigenvalue weighted by Gasteiger charge is 2.54. The Morgan fingerprint density at radius 3 is 2.14 bits per heavy atom. The number of nitrogens with zero attached hydrogens (tertiary/aromatic N) is 1. The van der Waals surface area contributed by atoms with E-state index in [0.717, 1.165) is 18.3 Å². The molecule has 12 heteroatoms. The third-order valence-corrected chi connectivity index (χ3v) is 7.76. The lowest BCUT2D eigenvalue weighted by atomic mass is 9.99. The van der Waals surface area contributed by atoms with Crippen molar-refractivity contribution in [3.05, 3.63) is 42.6 Å². The zero-order valence-electron chi connectivity index (χ0n) is 19.3. The molecule has 7 nitrogen and oxygen atoms in total. The normalized spacial score (nSPS) is 16.7. The van der Waals surface area contributed by atoms with Crippen molar-refractivity contribution in [2.45, 2.75) is 61.4 Å². The molecule has 0 spiro atoms. The number of carbonyl (C=O) groups is 1. The smallest absolute Gasteiger partial charge is 0.459 e. The van der Waals surface area contributed by atoms with Gasteiger partial charge in [-0.25, -0.2) is 8.42 Å². The van der Waals surface area contributed by atoms with Gasteiger partial charge >= 0.3 is 18.5 Å². The number of sulfone groups is 1. The largest absolute Gasteiger partial charge is 0.461 e. The predicted molar refractivity (Wildman–Crippen MR) is 117 cm³/mol. The Hall–Kier alpha value is -2.73. The number of ether oxygens (including phenoxy) is 3. The third kappa shape index (κ3) is 5.75. The van der Waals surface area contributed by atoms with Gasteiger partial charge in [0, 0.05) is 37.8 Å². The first-order chi connectivity index (χ1) is 16.2. The number of carbonyl (C=O) groups excluding carboxylic acids is 1. The first-order valence-electron chi connectivity index (χ1n) is 10.7. The van der Waals surface area contributed by atoms with E-state index in [2.05, 4.69) is 9.72 Å². The van der Waals surface area contributed by atoms with Crippen LogP contribution >= 0.6 is 0 Å². The molecule has 1 aromatic carbocycles. The maximum atomic E-state index is 13.6. The Bertz CT molecular complexity index is 1140. The molecule has 0 bridgehead atoms. The summed E-state index contributed by atoms with van der Waals surface area (Å²) in [5.41, 5.74) is -0.209. The van der Waals surface area contributed by atoms with Crippen LogP contribution in [0.3, 0.4) is 0 Å². The fourth-order valence-electron chi connectivity index (χ4n) is 3.49. The van der Waals surface area contributed by atoms with Gasteiger partial charge in [0.15, 0.2) is 14.6 Å². The molecule has 35 heavy (non-hydrogen) atoms. The van der Waals surface area contributed by atoms with Crippen molar-refractivity contribution < 1.29 is 45.0 Å². The van der Waals surface area contributed by atoms with E-state index in [1.165, 1.54) is 24.3 Å². The van der Waals surface area contributed by atoms with Gasteiger partial charge in [0.1, 0.15) is 11.4 Å². The average molecular weight is 520 g/mol. The lowest BCUT2D eigenvalue weighted by Crippen LogP contribution is -2.53. The minimum atomic E-state index is -4.63. The summed E-state index contributed by atoms with van der Waals surface area (Å²) in [6.07, 6.45) is -7.67. The topological polar surface area (TPSA) is 91.8 Å². The van der Waals surface area contributed by atoms with Gasteiger partial charge in [0.2, 0.25) is 0 Å². The van der Waals surface area contributed by atoms with Crippen LogP contribution in [-0.2, 0) is 24.1 Å². The predicted octanol–water partition coefficient (Wildman–Crippen LogP) is 4.65. The third-order valence-electron chi connectivity index (χ3n) is 5.29. The van der Waals surface area contributed by atoms with Crippen LogP contribution in [0.15, 0.2) is 47.5 Å². The van der Waals surface area contributed by atoms with Gasteiger partial charge in [-0.2, -0.15) is 17.6 Å². The molecule has 0 saturated carbocycles. The zero-order valence-corrected chi connectivity index (χ0v) is 20.1. The van der Waals surface area contributed by atoms with Crippen molar-refractivity contribution in [1.29, 1.82) is 0 Å². The van der Waals surface area contributed by atoms with Crippen molar-refractivity contribution in [2.24, 2.45) is 0 Å². The Kier molecular flexibility index (Phi) is 7.47. The number of halogens is 4. The minimum Gasteiger partial charge on any atom is -0.459 e. The van der Waals surface area contributed by atoms with Crippen LogP contribution in [0.4, 0.5) is 17.6 Å². The number of esters is 1. The number of aromatic nitrogens is 1. The SMILES string of the molecule is CC(C)(C)OC(=O)C1(S(=O)(=O)c2ccc(-c3ccc(OC(F)(F)C(F)F)cc3)nc2)CCOCC1. The van der Waals surface area contributed by atoms with Crippen molar-refractivity contribution in [3.8, 4) is 17.0 Å². The molecule has 0 unspecified atom stereocenters. The molecule has 1 fully saturated rings. The van der Waals surface area contributed by atoms with E-state index >= 15 is 0 Å². The average Bonchev–Trinajstić information content (AvgIpc) is 2.78. The number of benzene rings is 1. The van der Waals surface area contributed by atoms with E-state index in [9.17, 15) is 30.8 Å². The number of alkyl halides is 4. The molecule has 3 rings (SSSR count). The van der Waals surface area contributed by atoms with Gasteiger partial charge in [-0.3, -0.25) is 9.78 Å². The molecule has 2 heterocycles. The highest BCUT2D eigenvalue weighted by Crippen LogP contribution is 2.37. The van der Waals surface area contributed by atoms with E-state index in [4.69, 9.17) is 9.47 Å². The molecular formula is C23H25F4NO6S. The van der Waals surface area contributed by atoms with Gasteiger partial charge in [0.25, 0.3) is 0 Å². The quantitative estimate of drug-likeness (QED) is 0.388. The Balaban J connectivity index is 1.87. The van der Waals surface area contributed by atoms with E-state index in [1.807, 2.05) is 0 Å². The maximum absolute atomic E-state index is 13.6. The van der Waals surface area contributed by atoms with E-state index in [-0.39, 0.29) is 36.6 Å². The summed E-state index contributed by atoms with van der Waals surface area (Å²) in [6.45, 7) is 5.08. The Morgan fingerprint density at radius 1 is 1.06 bits per heavy atom. The molecule has 1 aliphatic rings. The fourth-order valence-corrected chi connectivity index (χ4v) is 5.34. The Labute approximate surface area is 200 Å². The monoisotopic (exact) mass is 519 g/mol. The van der Waals surface area contributed by atoms with Crippen LogP contribution in [0.25, 0.3) is 11.3 Å². The first kappa shape index (κ1) is 26.9. The lowest BCUT2D eigenvalue weighted by Gasteiger charge is -2.36. The van der Waals surface area contributed by atoms with Crippen LogP contribution in [0.1, 0.15) is 33.6 Å². The van der Waals surface area contributed by atoms with Gasteiger partial charge in [-0.1, -0.05) is 0 Å². The molecule has 1 aromatic heterocycles. The number of hydrogen-bond donors (Lipinski definition) is 0. The van der Waals surface area contributed by atoms with Gasteiger partial charge in [0.05, 0.1) is 10.6 Å². The van der Waals surface area contributed by atoms with Crippen LogP contribution < -0.4 is 4.74 Å². The summed E-state index contributed by atoms with van der Waals surface area (Å²) < 4.78 is 90.8. The fraction of sp³-hybridized carbons (Fsp3) is 0.478. The molecule has 0 radical (unpaired) electrons. The number of pyridine rings is 1. The van der Waals surface area contributed by atoms with Crippen molar-refractivity contribution in [1.82, 2.24) is 4.98 Å². The number of rotatable bonds is 7. The maximum Gasteiger partial charge on any atom is 0.461 e. The highest BCUT2D eigenvalue weighted by atomic mass is 32.2. The van der Waals surface area contributed by atoms with E-state index in [1.54, 1.807) is 20.8 Å². The molecule has 0 aliphatic carbocycles. The number of hydrogen-bond acceptors (Lipinski definition) is 7. The second-order valence-electron chi connectivity index (χ2n) is 8.98. The second kappa shape index (κ2) is 9.73. The minimum absolute atomic E-state index is 0.0724. The molecule has 0 amide bonds. The first-order valence-corrected chi connectivity index (χ1v) is 12.1. The van der Waals surface area contributed by atoms with Gasteiger partial charge < -0.3 is 14.2 Å². The van der Waals surface area contributed by atoms with Crippen molar-refractivity contribution >= 4 is 15.8 Å². The summed E-state index contributed by atoms with van der Waals surface area (Å²) in [6, 6.07) is 7.43. The molecule has 192 valence electrons. The van der Waals surface area contributed by atoms with Crippen molar-refractivity contribution in [3.63, 3.8) is 0 Å². The molecule has 1 saturated heterocycles. The van der Waals surface area contributed by atoms with Gasteiger partial charge in [-0.15, -0.1) is 0 Å². The van der Waals surface area contributed by atoms with Gasteiger partial charge in [-0.05, 0) is 57.2 Å². The summed E-state index contributed by atoms with van der Waals surface area (Å²) in [5.74, 6) is -1.33. The summed E-state index contributed by atoms with van der Waals surface area (Å²) in [7, 11) is -4.22. The molecule has 0 atom stereocenters. The van der Waals surface area contributed by atoms with Crippen LogP contribution in [0.2, 0.25) is 0 Å². The molecule has 2 aromatic rings. The summed E-state index contributed by atoms with van der Waals surface area (Å²) in [4.78, 5) is 17.0. The van der Waals surface area contributed by atoms with E-state index in [0.29, 0.717) is 5.56 Å². The molecular weight excluding hydrogens is 494 g/mol. The lowest BCUT2D eigenvalue weighted by molar-refractivity contribution is -0.253. The van der Waals surface area contributed by atoms with Crippen LogP contribution in [-0.4, -0.2) is 55.5 Å². The highest BCUT2D eigenvalue weighted by molar-refractivity contribution is 7.93. The zero-order chi connectivity index (χ0) is 26.1.